The third kappa shape index (κ3) is 3.47. The van der Waals surface area contributed by atoms with Gasteiger partial charge < -0.3 is 5.32 Å². The van der Waals surface area contributed by atoms with Gasteiger partial charge in [-0.2, -0.15) is 0 Å². The van der Waals surface area contributed by atoms with Crippen molar-refractivity contribution >= 4 is 27.3 Å². The van der Waals surface area contributed by atoms with Gasteiger partial charge in [-0.1, -0.05) is 5.21 Å². The van der Waals surface area contributed by atoms with Crippen LogP contribution in [0.25, 0.3) is 0 Å². The van der Waals surface area contributed by atoms with Crippen LogP contribution in [0.5, 0.6) is 0 Å². The summed E-state index contributed by atoms with van der Waals surface area (Å²) < 4.78 is 2.28. The predicted molar refractivity (Wildman–Crippen MR) is 71.7 cm³/mol. The minimum Gasteiger partial charge on any atom is -0.378 e. The predicted octanol–water partition coefficient (Wildman–Crippen LogP) is 1.85. The summed E-state index contributed by atoms with van der Waals surface area (Å²) in [5.74, 6) is 0. The van der Waals surface area contributed by atoms with E-state index in [2.05, 4.69) is 36.5 Å². The Labute approximate surface area is 117 Å². The maximum Gasteiger partial charge on any atom is 0.311 e. The number of nitrogens with zero attached hydrogens (tertiary/aromatic N) is 5. The smallest absolute Gasteiger partial charge is 0.311 e. The lowest BCUT2D eigenvalue weighted by Gasteiger charge is -2.08. The van der Waals surface area contributed by atoms with Crippen LogP contribution < -0.4 is 5.32 Å². The minimum atomic E-state index is -0.461. The first-order chi connectivity index (χ1) is 9.18. The van der Waals surface area contributed by atoms with E-state index in [0.29, 0.717) is 23.2 Å². The van der Waals surface area contributed by atoms with Gasteiger partial charge in [-0.25, -0.2) is 0 Å². The lowest BCUT2D eigenvalue weighted by Crippen LogP contribution is -2.09. The normalized spacial score (nSPS) is 10.4. The molecule has 0 amide bonds. The molecule has 100 valence electrons. The lowest BCUT2D eigenvalue weighted by molar-refractivity contribution is -0.384. The van der Waals surface area contributed by atoms with Crippen molar-refractivity contribution in [2.75, 3.05) is 11.9 Å². The molecule has 0 aromatic carbocycles. The van der Waals surface area contributed by atoms with Crippen molar-refractivity contribution in [3.63, 3.8) is 0 Å². The van der Waals surface area contributed by atoms with Gasteiger partial charge in [0.2, 0.25) is 0 Å². The van der Waals surface area contributed by atoms with Gasteiger partial charge in [0.25, 0.3) is 0 Å². The van der Waals surface area contributed by atoms with Crippen LogP contribution in [-0.2, 0) is 6.54 Å². The highest BCUT2D eigenvalue weighted by Gasteiger charge is 2.16. The summed E-state index contributed by atoms with van der Waals surface area (Å²) in [5.41, 5.74) is 0.397. The molecular weight excluding hydrogens is 316 g/mol. The molecule has 2 aromatic rings. The Hall–Kier alpha value is -2.03. The first-order valence-corrected chi connectivity index (χ1v) is 6.33. The third-order valence-electron chi connectivity index (χ3n) is 2.41. The first-order valence-electron chi connectivity index (χ1n) is 5.54. The third-order valence-corrected chi connectivity index (χ3v) is 3.02. The zero-order valence-corrected chi connectivity index (χ0v) is 11.4. The fourth-order valence-electron chi connectivity index (χ4n) is 1.54. The summed E-state index contributed by atoms with van der Waals surface area (Å²) in [6.45, 7) is 1.28. The fourth-order valence-corrected chi connectivity index (χ4v) is 2.01. The van der Waals surface area contributed by atoms with Gasteiger partial charge in [-0.3, -0.25) is 19.8 Å². The largest absolute Gasteiger partial charge is 0.378 e. The zero-order valence-electron chi connectivity index (χ0n) is 9.86. The molecule has 0 atom stereocenters. The Kier molecular flexibility index (Phi) is 4.39. The minimum absolute atomic E-state index is 0.0462. The molecule has 2 rings (SSSR count). The fraction of sp³-hybridized carbons (Fsp3) is 0.300. The van der Waals surface area contributed by atoms with Gasteiger partial charge in [-0.05, 0) is 22.4 Å². The summed E-state index contributed by atoms with van der Waals surface area (Å²) in [6, 6.07) is 0. The van der Waals surface area contributed by atoms with E-state index in [0.717, 1.165) is 6.42 Å². The van der Waals surface area contributed by atoms with Gasteiger partial charge in [0.1, 0.15) is 11.9 Å². The molecule has 0 saturated carbocycles. The van der Waals surface area contributed by atoms with Gasteiger partial charge >= 0.3 is 5.69 Å². The molecule has 0 aliphatic heterocycles. The Balaban J connectivity index is 1.93. The van der Waals surface area contributed by atoms with Crippen LogP contribution in [0.4, 0.5) is 11.4 Å². The van der Waals surface area contributed by atoms with Crippen molar-refractivity contribution in [1.29, 1.82) is 0 Å². The topological polar surface area (TPSA) is 98.8 Å². The molecule has 1 N–H and O–H groups in total. The molecular formula is C10H11BrN6O2. The van der Waals surface area contributed by atoms with E-state index in [1.54, 1.807) is 17.1 Å². The number of aryl methyl sites for hydroxylation is 1. The van der Waals surface area contributed by atoms with Crippen molar-refractivity contribution in [3.05, 3.63) is 39.4 Å². The molecule has 0 bridgehead atoms. The van der Waals surface area contributed by atoms with Gasteiger partial charge in [0.05, 0.1) is 15.6 Å². The van der Waals surface area contributed by atoms with E-state index < -0.39 is 4.92 Å². The molecule has 0 unspecified atom stereocenters. The van der Waals surface area contributed by atoms with Crippen LogP contribution in [0.15, 0.2) is 29.3 Å². The van der Waals surface area contributed by atoms with Crippen molar-refractivity contribution in [2.45, 2.75) is 13.0 Å². The van der Waals surface area contributed by atoms with Crippen LogP contribution in [0.2, 0.25) is 0 Å². The molecule has 8 nitrogen and oxygen atoms in total. The second-order valence-corrected chi connectivity index (χ2v) is 4.57. The van der Waals surface area contributed by atoms with E-state index in [-0.39, 0.29) is 5.69 Å². The first kappa shape index (κ1) is 13.4. The van der Waals surface area contributed by atoms with Crippen molar-refractivity contribution in [1.82, 2.24) is 20.0 Å². The maximum absolute atomic E-state index is 10.9. The summed E-state index contributed by atoms with van der Waals surface area (Å²) in [7, 11) is 0. The summed E-state index contributed by atoms with van der Waals surface area (Å²) in [6.07, 6.45) is 6.90. The monoisotopic (exact) mass is 326 g/mol. The average molecular weight is 327 g/mol. The van der Waals surface area contributed by atoms with E-state index in [1.165, 1.54) is 12.4 Å². The Morgan fingerprint density at radius 3 is 3.00 bits per heavy atom. The Morgan fingerprint density at radius 2 is 2.32 bits per heavy atom. The quantitative estimate of drug-likeness (QED) is 0.494. The van der Waals surface area contributed by atoms with Crippen LogP contribution in [0, 0.1) is 10.1 Å². The molecule has 9 heteroatoms. The van der Waals surface area contributed by atoms with Crippen LogP contribution in [0.3, 0.4) is 0 Å². The number of halogens is 1. The molecule has 0 spiro atoms. The molecule has 0 radical (unpaired) electrons. The van der Waals surface area contributed by atoms with Gasteiger partial charge in [-0.15, -0.1) is 5.10 Å². The standard InChI is InChI=1S/C10H11BrN6O2/c11-8-6-12-7-9(17(18)19)10(8)13-2-1-4-16-5-3-14-15-16/h3,5-7H,1-2,4H2,(H,12,13). The number of aromatic nitrogens is 4. The summed E-state index contributed by atoms with van der Waals surface area (Å²) in [5, 5.41) is 21.4. The van der Waals surface area contributed by atoms with E-state index >= 15 is 0 Å². The Bertz CT molecular complexity index is 559. The second-order valence-electron chi connectivity index (χ2n) is 3.72. The molecule has 0 fully saturated rings. The van der Waals surface area contributed by atoms with Crippen molar-refractivity contribution in [3.8, 4) is 0 Å². The number of hydrogen-bond acceptors (Lipinski definition) is 6. The van der Waals surface area contributed by atoms with E-state index in [4.69, 9.17) is 0 Å². The lowest BCUT2D eigenvalue weighted by atomic mass is 10.3. The molecule has 0 aliphatic rings. The molecule has 0 aliphatic carbocycles. The number of anilines is 1. The average Bonchev–Trinajstić information content (AvgIpc) is 2.88. The number of hydrogen-bond donors (Lipinski definition) is 1. The van der Waals surface area contributed by atoms with E-state index in [1.807, 2.05) is 0 Å². The number of pyridine rings is 1. The SMILES string of the molecule is O=[N+]([O-])c1cncc(Br)c1NCCCn1ccnn1. The van der Waals surface area contributed by atoms with Gasteiger partial charge in [0.15, 0.2) is 0 Å². The van der Waals surface area contributed by atoms with Crippen LogP contribution in [-0.4, -0.2) is 31.4 Å². The number of nitrogens with one attached hydrogen (secondary N) is 1. The number of rotatable bonds is 6. The van der Waals surface area contributed by atoms with E-state index in [9.17, 15) is 10.1 Å². The summed E-state index contributed by atoms with van der Waals surface area (Å²) >= 11 is 3.25. The van der Waals surface area contributed by atoms with Gasteiger partial charge in [0, 0.05) is 25.5 Å². The molecule has 2 aromatic heterocycles. The maximum atomic E-state index is 10.9. The van der Waals surface area contributed by atoms with Crippen LogP contribution >= 0.6 is 15.9 Å². The highest BCUT2D eigenvalue weighted by atomic mass is 79.9. The van der Waals surface area contributed by atoms with Crippen molar-refractivity contribution < 1.29 is 4.92 Å². The Morgan fingerprint density at radius 1 is 1.47 bits per heavy atom. The van der Waals surface area contributed by atoms with Crippen LogP contribution in [0.1, 0.15) is 6.42 Å². The molecule has 19 heavy (non-hydrogen) atoms. The van der Waals surface area contributed by atoms with Crippen molar-refractivity contribution in [2.24, 2.45) is 0 Å². The summed E-state index contributed by atoms with van der Waals surface area (Å²) in [4.78, 5) is 14.2. The highest BCUT2D eigenvalue weighted by Crippen LogP contribution is 2.30. The molecule has 2 heterocycles. The second kappa shape index (κ2) is 6.23. The zero-order chi connectivity index (χ0) is 13.7. The molecule has 0 saturated heterocycles. The highest BCUT2D eigenvalue weighted by molar-refractivity contribution is 9.10. The number of nitro groups is 1.